The Morgan fingerprint density at radius 3 is 3.00 bits per heavy atom. The number of ketones is 1. The molecule has 0 saturated heterocycles. The summed E-state index contributed by atoms with van der Waals surface area (Å²) >= 11 is 0. The largest absolute Gasteiger partial charge is 0.387 e. The van der Waals surface area contributed by atoms with Crippen LogP contribution in [-0.4, -0.2) is 67.7 Å². The van der Waals surface area contributed by atoms with Crippen molar-refractivity contribution in [3.63, 3.8) is 0 Å². The fraction of sp³-hybridized carbons (Fsp3) is 0.500. The first-order valence-corrected chi connectivity index (χ1v) is 6.15. The van der Waals surface area contributed by atoms with Crippen LogP contribution in [0.15, 0.2) is 21.4 Å². The molecule has 110 valence electrons. The second-order valence-electron chi connectivity index (χ2n) is 4.14. The predicted molar refractivity (Wildman–Crippen MR) is 75.4 cm³/mol. The maximum Gasteiger partial charge on any atom is 0.245 e. The zero-order valence-corrected chi connectivity index (χ0v) is 11.6. The number of amides is 1. The van der Waals surface area contributed by atoms with Crippen LogP contribution in [0.2, 0.25) is 0 Å². The zero-order chi connectivity index (χ0) is 15.0. The normalized spacial score (nSPS) is 14.8. The second-order valence-corrected chi connectivity index (χ2v) is 4.14. The van der Waals surface area contributed by atoms with Crippen molar-refractivity contribution < 1.29 is 14.7 Å². The van der Waals surface area contributed by atoms with E-state index in [0.717, 1.165) is 0 Å². The lowest BCUT2D eigenvalue weighted by Gasteiger charge is -2.23. The molecule has 1 rings (SSSR count). The highest BCUT2D eigenvalue weighted by Gasteiger charge is 2.16. The van der Waals surface area contributed by atoms with Crippen molar-refractivity contribution >= 4 is 24.4 Å². The molecule has 0 unspecified atom stereocenters. The van der Waals surface area contributed by atoms with Crippen molar-refractivity contribution in [2.75, 3.05) is 33.3 Å². The molecular formula is C12H19N5O3. The van der Waals surface area contributed by atoms with Gasteiger partial charge in [-0.2, -0.15) is 0 Å². The van der Waals surface area contributed by atoms with Crippen LogP contribution in [0.4, 0.5) is 0 Å². The van der Waals surface area contributed by atoms with Crippen LogP contribution in [0, 0.1) is 0 Å². The molecule has 0 aromatic rings. The Bertz CT molecular complexity index is 456. The standard InChI is InChI=1S/C12H19N5O3/c1-9(19)10-5-14-8-17(2)12(10)16-7-13-3-4-15-11(20)6-18/h7-8,18H,3-6H2,1-2H3,(H,13,16)(H,15,20). The molecule has 0 radical (unpaired) electrons. The summed E-state index contributed by atoms with van der Waals surface area (Å²) in [7, 11) is 1.78. The van der Waals surface area contributed by atoms with Gasteiger partial charge in [0.25, 0.3) is 0 Å². The lowest BCUT2D eigenvalue weighted by molar-refractivity contribution is -0.123. The fourth-order valence-electron chi connectivity index (χ4n) is 1.55. The van der Waals surface area contributed by atoms with Gasteiger partial charge in [0.15, 0.2) is 5.78 Å². The number of hydrogen-bond acceptors (Lipinski definition) is 6. The number of carbonyl (C=O) groups is 2. The highest BCUT2D eigenvalue weighted by molar-refractivity contribution is 5.96. The van der Waals surface area contributed by atoms with Crippen LogP contribution >= 0.6 is 0 Å². The third-order valence-corrected chi connectivity index (χ3v) is 2.57. The molecule has 8 heteroatoms. The van der Waals surface area contributed by atoms with E-state index in [2.05, 4.69) is 20.6 Å². The topological polar surface area (TPSA) is 106 Å². The van der Waals surface area contributed by atoms with E-state index in [1.165, 1.54) is 13.3 Å². The van der Waals surface area contributed by atoms with Gasteiger partial charge in [-0.1, -0.05) is 0 Å². The first kappa shape index (κ1) is 15.8. The molecule has 0 atom stereocenters. The SMILES string of the molecule is CC(=O)C1=C(NC=NCCNC(=O)CO)N(C)C=NC1. The predicted octanol–water partition coefficient (Wildman–Crippen LogP) is -1.51. The number of aliphatic hydroxyl groups is 1. The average molecular weight is 281 g/mol. The summed E-state index contributed by atoms with van der Waals surface area (Å²) in [6.07, 6.45) is 3.10. The maximum atomic E-state index is 11.5. The first-order chi connectivity index (χ1) is 9.56. The molecule has 0 fully saturated rings. The third-order valence-electron chi connectivity index (χ3n) is 2.57. The lowest BCUT2D eigenvalue weighted by atomic mass is 10.1. The van der Waals surface area contributed by atoms with Crippen molar-refractivity contribution in [3.8, 4) is 0 Å². The Morgan fingerprint density at radius 2 is 2.35 bits per heavy atom. The summed E-state index contributed by atoms with van der Waals surface area (Å²) in [5.74, 6) is 0.174. The molecule has 20 heavy (non-hydrogen) atoms. The Labute approximate surface area is 117 Å². The Hall–Kier alpha value is -2.22. The van der Waals surface area contributed by atoms with Gasteiger partial charge in [0.2, 0.25) is 5.91 Å². The molecule has 1 amide bonds. The third kappa shape index (κ3) is 4.81. The van der Waals surface area contributed by atoms with E-state index in [0.29, 0.717) is 31.0 Å². The van der Waals surface area contributed by atoms with Gasteiger partial charge in [0, 0.05) is 13.6 Å². The van der Waals surface area contributed by atoms with Crippen molar-refractivity contribution in [1.82, 2.24) is 15.5 Å². The van der Waals surface area contributed by atoms with Gasteiger partial charge in [-0.15, -0.1) is 0 Å². The monoisotopic (exact) mass is 281 g/mol. The van der Waals surface area contributed by atoms with Crippen molar-refractivity contribution in [2.45, 2.75) is 6.92 Å². The van der Waals surface area contributed by atoms with E-state index in [1.54, 1.807) is 18.3 Å². The van der Waals surface area contributed by atoms with Crippen LogP contribution in [0.25, 0.3) is 0 Å². The van der Waals surface area contributed by atoms with E-state index < -0.39 is 12.5 Å². The van der Waals surface area contributed by atoms with Gasteiger partial charge in [0.1, 0.15) is 12.4 Å². The number of rotatable bonds is 7. The van der Waals surface area contributed by atoms with Gasteiger partial charge in [0.05, 0.1) is 31.3 Å². The van der Waals surface area contributed by atoms with E-state index >= 15 is 0 Å². The summed E-state index contributed by atoms with van der Waals surface area (Å²) in [5, 5.41) is 13.9. The molecule has 3 N–H and O–H groups in total. The minimum atomic E-state index is -0.527. The van der Waals surface area contributed by atoms with Gasteiger partial charge in [-0.05, 0) is 6.92 Å². The minimum absolute atomic E-state index is 0.0418. The Kier molecular flexibility index (Phi) is 6.38. The van der Waals surface area contributed by atoms with E-state index in [-0.39, 0.29) is 5.78 Å². The molecule has 0 saturated carbocycles. The quantitative estimate of drug-likeness (QED) is 0.299. The summed E-state index contributed by atoms with van der Waals surface area (Å²) in [6.45, 7) is 2.03. The number of nitrogens with zero attached hydrogens (tertiary/aromatic N) is 3. The van der Waals surface area contributed by atoms with Gasteiger partial charge >= 0.3 is 0 Å². The van der Waals surface area contributed by atoms with Crippen LogP contribution in [0.3, 0.4) is 0 Å². The molecule has 1 aliphatic rings. The van der Waals surface area contributed by atoms with Gasteiger partial charge < -0.3 is 20.6 Å². The van der Waals surface area contributed by atoms with Crippen LogP contribution in [-0.2, 0) is 9.59 Å². The molecular weight excluding hydrogens is 262 g/mol. The number of aliphatic imine (C=N–C) groups is 2. The highest BCUT2D eigenvalue weighted by Crippen LogP contribution is 2.10. The number of nitrogens with one attached hydrogen (secondary N) is 2. The van der Waals surface area contributed by atoms with Gasteiger partial charge in [-0.3, -0.25) is 19.6 Å². The average Bonchev–Trinajstić information content (AvgIpc) is 2.43. The number of hydrogen-bond donors (Lipinski definition) is 3. The van der Waals surface area contributed by atoms with E-state index in [4.69, 9.17) is 5.11 Å². The molecule has 0 aromatic carbocycles. The van der Waals surface area contributed by atoms with E-state index in [9.17, 15) is 9.59 Å². The van der Waals surface area contributed by atoms with Crippen LogP contribution in [0.5, 0.6) is 0 Å². The molecule has 8 nitrogen and oxygen atoms in total. The van der Waals surface area contributed by atoms with Crippen LogP contribution in [0.1, 0.15) is 6.92 Å². The molecule has 0 aromatic heterocycles. The molecule has 0 aliphatic carbocycles. The molecule has 1 heterocycles. The summed E-state index contributed by atoms with van der Waals surface area (Å²) in [5.41, 5.74) is 0.593. The maximum absolute atomic E-state index is 11.5. The lowest BCUT2D eigenvalue weighted by Crippen LogP contribution is -2.33. The number of Topliss-reactive ketones (excluding diaryl/α,β-unsaturated/α-hetero) is 1. The molecule has 0 spiro atoms. The Morgan fingerprint density at radius 1 is 1.60 bits per heavy atom. The van der Waals surface area contributed by atoms with Crippen LogP contribution < -0.4 is 10.6 Å². The fourth-order valence-corrected chi connectivity index (χ4v) is 1.55. The summed E-state index contributed by atoms with van der Waals surface area (Å²) < 4.78 is 0. The van der Waals surface area contributed by atoms with Crippen molar-refractivity contribution in [2.24, 2.45) is 9.98 Å². The molecule has 1 aliphatic heterocycles. The summed E-state index contributed by atoms with van der Waals surface area (Å²) in [6, 6.07) is 0. The number of carbonyl (C=O) groups excluding carboxylic acids is 2. The zero-order valence-electron chi connectivity index (χ0n) is 11.6. The second kappa shape index (κ2) is 8.05. The first-order valence-electron chi connectivity index (χ1n) is 6.15. The van der Waals surface area contributed by atoms with Crippen molar-refractivity contribution in [1.29, 1.82) is 0 Å². The van der Waals surface area contributed by atoms with E-state index in [1.807, 2.05) is 0 Å². The molecule has 0 bridgehead atoms. The highest BCUT2D eigenvalue weighted by atomic mass is 16.3. The number of aliphatic hydroxyl groups excluding tert-OH is 1. The smallest absolute Gasteiger partial charge is 0.245 e. The van der Waals surface area contributed by atoms with Crippen molar-refractivity contribution in [3.05, 3.63) is 11.4 Å². The van der Waals surface area contributed by atoms with Gasteiger partial charge in [-0.25, -0.2) is 0 Å². The Balaban J connectivity index is 2.46. The minimum Gasteiger partial charge on any atom is -0.387 e. The summed E-state index contributed by atoms with van der Waals surface area (Å²) in [4.78, 5) is 32.1.